The van der Waals surface area contributed by atoms with Crippen LogP contribution in [0.1, 0.15) is 66.2 Å². The topological polar surface area (TPSA) is 15.3 Å². The molecule has 3 unspecified atom stereocenters. The minimum absolute atomic E-state index is 0.634. The number of hydrogen-bond donors (Lipinski definition) is 1. The molecule has 2 fully saturated rings. The third kappa shape index (κ3) is 3.57. The van der Waals surface area contributed by atoms with E-state index in [1.165, 1.54) is 51.6 Å². The Labute approximate surface area is 126 Å². The molecule has 1 aliphatic carbocycles. The molecule has 1 aliphatic heterocycles. The van der Waals surface area contributed by atoms with Crippen molar-refractivity contribution in [1.29, 1.82) is 0 Å². The van der Waals surface area contributed by atoms with Crippen LogP contribution in [0.15, 0.2) is 0 Å². The maximum absolute atomic E-state index is 3.51. The van der Waals surface area contributed by atoms with Crippen molar-refractivity contribution in [2.75, 3.05) is 20.1 Å². The summed E-state index contributed by atoms with van der Waals surface area (Å²) in [6.45, 7) is 12.3. The van der Waals surface area contributed by atoms with Gasteiger partial charge in [0.2, 0.25) is 0 Å². The van der Waals surface area contributed by atoms with Crippen molar-refractivity contribution in [2.24, 2.45) is 17.3 Å². The first-order valence-corrected chi connectivity index (χ1v) is 8.89. The van der Waals surface area contributed by atoms with Gasteiger partial charge in [-0.1, -0.05) is 33.6 Å². The average Bonchev–Trinajstić information content (AvgIpc) is 2.83. The summed E-state index contributed by atoms with van der Waals surface area (Å²) in [6, 6.07) is 1.44. The number of nitrogens with zero attached hydrogens (tertiary/aromatic N) is 1. The summed E-state index contributed by atoms with van der Waals surface area (Å²) < 4.78 is 0. The van der Waals surface area contributed by atoms with Crippen molar-refractivity contribution in [3.63, 3.8) is 0 Å². The van der Waals surface area contributed by atoms with Gasteiger partial charge in [0.1, 0.15) is 0 Å². The molecule has 1 N–H and O–H groups in total. The van der Waals surface area contributed by atoms with Crippen molar-refractivity contribution in [2.45, 2.75) is 78.3 Å². The third-order valence-electron chi connectivity index (χ3n) is 6.11. The molecule has 3 atom stereocenters. The Bertz CT molecular complexity index is 294. The fourth-order valence-electron chi connectivity index (χ4n) is 4.92. The predicted molar refractivity (Wildman–Crippen MR) is 88.0 cm³/mol. The number of piperidine rings is 1. The van der Waals surface area contributed by atoms with E-state index in [9.17, 15) is 0 Å². The summed E-state index contributed by atoms with van der Waals surface area (Å²) in [5, 5.41) is 3.51. The van der Waals surface area contributed by atoms with Gasteiger partial charge in [-0.05, 0) is 63.5 Å². The van der Waals surface area contributed by atoms with Crippen molar-refractivity contribution < 1.29 is 0 Å². The molecule has 2 aliphatic rings. The summed E-state index contributed by atoms with van der Waals surface area (Å²) in [6.07, 6.45) is 8.61. The minimum Gasteiger partial charge on any atom is -0.317 e. The molecule has 0 spiro atoms. The van der Waals surface area contributed by atoms with Gasteiger partial charge in [0.05, 0.1) is 0 Å². The molecule has 0 bridgehead atoms. The highest BCUT2D eigenvalue weighted by Gasteiger charge is 2.39. The van der Waals surface area contributed by atoms with Crippen LogP contribution in [0.5, 0.6) is 0 Å². The molecule has 0 radical (unpaired) electrons. The lowest BCUT2D eigenvalue weighted by Crippen LogP contribution is -2.55. The molecule has 2 rings (SSSR count). The highest BCUT2D eigenvalue weighted by molar-refractivity contribution is 4.94. The summed E-state index contributed by atoms with van der Waals surface area (Å²) in [7, 11) is 2.13. The summed E-state index contributed by atoms with van der Waals surface area (Å²) in [5.74, 6) is 1.61. The zero-order valence-electron chi connectivity index (χ0n) is 14.4. The summed E-state index contributed by atoms with van der Waals surface area (Å²) >= 11 is 0. The Balaban J connectivity index is 2.00. The maximum Gasteiger partial charge on any atom is 0.0117 e. The van der Waals surface area contributed by atoms with E-state index >= 15 is 0 Å². The number of rotatable bonds is 5. The van der Waals surface area contributed by atoms with E-state index in [2.05, 4.69) is 45.0 Å². The third-order valence-corrected chi connectivity index (χ3v) is 6.11. The largest absolute Gasteiger partial charge is 0.317 e. The van der Waals surface area contributed by atoms with Crippen LogP contribution in [0.2, 0.25) is 0 Å². The van der Waals surface area contributed by atoms with Gasteiger partial charge in [-0.2, -0.15) is 0 Å². The van der Waals surface area contributed by atoms with Gasteiger partial charge in [-0.15, -0.1) is 0 Å². The summed E-state index contributed by atoms with van der Waals surface area (Å²) in [4.78, 5) is 2.81. The predicted octanol–water partition coefficient (Wildman–Crippen LogP) is 3.91. The quantitative estimate of drug-likeness (QED) is 0.821. The Kier molecular flexibility index (Phi) is 5.53. The van der Waals surface area contributed by atoms with Crippen LogP contribution in [0.3, 0.4) is 0 Å². The molecule has 1 saturated heterocycles. The number of nitrogens with one attached hydrogen (secondary N) is 1. The first-order valence-electron chi connectivity index (χ1n) is 8.89. The van der Waals surface area contributed by atoms with Crippen LogP contribution in [-0.2, 0) is 0 Å². The smallest absolute Gasteiger partial charge is 0.0117 e. The lowest BCUT2D eigenvalue weighted by molar-refractivity contribution is 0.0368. The first kappa shape index (κ1) is 16.3. The van der Waals surface area contributed by atoms with Crippen molar-refractivity contribution in [3.8, 4) is 0 Å². The van der Waals surface area contributed by atoms with E-state index in [0.717, 1.165) is 17.9 Å². The van der Waals surface area contributed by atoms with Gasteiger partial charge in [0.25, 0.3) is 0 Å². The van der Waals surface area contributed by atoms with Crippen LogP contribution >= 0.6 is 0 Å². The van der Waals surface area contributed by atoms with Crippen molar-refractivity contribution in [1.82, 2.24) is 10.2 Å². The van der Waals surface area contributed by atoms with Gasteiger partial charge < -0.3 is 5.32 Å². The molecular weight excluding hydrogens is 244 g/mol. The minimum atomic E-state index is 0.634. The second-order valence-electron chi connectivity index (χ2n) is 8.06. The van der Waals surface area contributed by atoms with Gasteiger partial charge in [0.15, 0.2) is 0 Å². The Morgan fingerprint density at radius 2 is 1.85 bits per heavy atom. The zero-order valence-corrected chi connectivity index (χ0v) is 14.4. The first-order chi connectivity index (χ1) is 9.47. The van der Waals surface area contributed by atoms with E-state index in [-0.39, 0.29) is 0 Å². The van der Waals surface area contributed by atoms with Crippen molar-refractivity contribution in [3.05, 3.63) is 0 Å². The van der Waals surface area contributed by atoms with Gasteiger partial charge in [-0.3, -0.25) is 4.90 Å². The molecule has 20 heavy (non-hydrogen) atoms. The highest BCUT2D eigenvalue weighted by atomic mass is 15.2. The van der Waals surface area contributed by atoms with E-state index in [0.29, 0.717) is 11.5 Å². The maximum atomic E-state index is 3.51. The highest BCUT2D eigenvalue weighted by Crippen LogP contribution is 2.44. The monoisotopic (exact) mass is 280 g/mol. The second-order valence-corrected chi connectivity index (χ2v) is 8.06. The fourth-order valence-corrected chi connectivity index (χ4v) is 4.92. The van der Waals surface area contributed by atoms with Crippen LogP contribution in [0, 0.1) is 17.3 Å². The fraction of sp³-hybridized carbons (Fsp3) is 1.00. The van der Waals surface area contributed by atoms with Crippen LogP contribution < -0.4 is 5.32 Å². The lowest BCUT2D eigenvalue weighted by Gasteiger charge is -2.46. The molecule has 0 aromatic rings. The van der Waals surface area contributed by atoms with Gasteiger partial charge in [-0.25, -0.2) is 0 Å². The molecule has 118 valence electrons. The summed E-state index contributed by atoms with van der Waals surface area (Å²) in [5.41, 5.74) is 0.634. The van der Waals surface area contributed by atoms with Crippen LogP contribution in [0.25, 0.3) is 0 Å². The zero-order chi connectivity index (χ0) is 14.8. The molecule has 0 amide bonds. The standard InChI is InChI=1S/C18H36N2/c1-14(2)12-18(9-6-7-10-18)13-20-11-8-17(19-5)15(3)16(20)4/h14-17,19H,6-13H2,1-5H3. The lowest BCUT2D eigenvalue weighted by atomic mass is 9.76. The van der Waals surface area contributed by atoms with E-state index in [1.807, 2.05) is 0 Å². The Morgan fingerprint density at radius 1 is 1.20 bits per heavy atom. The normalized spacial score (nSPS) is 34.8. The molecule has 1 heterocycles. The number of likely N-dealkylation sites (tertiary alicyclic amines) is 1. The van der Waals surface area contributed by atoms with E-state index in [4.69, 9.17) is 0 Å². The van der Waals surface area contributed by atoms with Gasteiger partial charge >= 0.3 is 0 Å². The molecular formula is C18H36N2. The van der Waals surface area contributed by atoms with Gasteiger partial charge in [0, 0.05) is 18.6 Å². The number of hydrogen-bond acceptors (Lipinski definition) is 2. The van der Waals surface area contributed by atoms with Crippen LogP contribution in [0.4, 0.5) is 0 Å². The molecule has 1 saturated carbocycles. The van der Waals surface area contributed by atoms with E-state index < -0.39 is 0 Å². The van der Waals surface area contributed by atoms with Crippen LogP contribution in [-0.4, -0.2) is 37.1 Å². The Morgan fingerprint density at radius 3 is 2.40 bits per heavy atom. The average molecular weight is 280 g/mol. The SMILES string of the molecule is CNC1CCN(CC2(CC(C)C)CCCC2)C(C)C1C. The molecule has 0 aromatic heterocycles. The molecule has 2 heteroatoms. The second kappa shape index (κ2) is 6.79. The Hall–Kier alpha value is -0.0800. The molecule has 2 nitrogen and oxygen atoms in total. The van der Waals surface area contributed by atoms with Crippen molar-refractivity contribution >= 4 is 0 Å². The molecule has 0 aromatic carbocycles. The van der Waals surface area contributed by atoms with E-state index in [1.54, 1.807) is 0 Å².